The maximum Gasteiger partial charge on any atom is 0.243 e. The van der Waals surface area contributed by atoms with Crippen LogP contribution in [0.3, 0.4) is 0 Å². The van der Waals surface area contributed by atoms with Crippen molar-refractivity contribution >= 4 is 17.7 Å². The minimum absolute atomic E-state index is 0.0359. The van der Waals surface area contributed by atoms with Gasteiger partial charge in [0.25, 0.3) is 0 Å². The average molecular weight is 359 g/mol. The lowest BCUT2D eigenvalue weighted by atomic mass is 9.57. The summed E-state index contributed by atoms with van der Waals surface area (Å²) in [6.45, 7) is 8.38. The highest BCUT2D eigenvalue weighted by Gasteiger charge is 2.80. The van der Waals surface area contributed by atoms with Gasteiger partial charge in [0.1, 0.15) is 5.54 Å². The Morgan fingerprint density at radius 1 is 1.08 bits per heavy atom. The highest BCUT2D eigenvalue weighted by Crippen LogP contribution is 2.72. The molecular formula is C20H29N3O3. The Bertz CT molecular complexity index is 763. The van der Waals surface area contributed by atoms with Crippen molar-refractivity contribution in [2.45, 2.75) is 57.5 Å². The maximum absolute atomic E-state index is 13.5. The Labute approximate surface area is 154 Å². The van der Waals surface area contributed by atoms with E-state index in [0.717, 1.165) is 25.9 Å². The first-order chi connectivity index (χ1) is 12.0. The van der Waals surface area contributed by atoms with Crippen LogP contribution in [0.25, 0.3) is 0 Å². The molecule has 6 heteroatoms. The SMILES string of the molecule is C[C@@H]1CCN2C[C@@]34C[C@@]5(CC(=O)N(C)C5=O)C(C)(C)[C@H]3C[C@@]12C(=O)N4C. The maximum atomic E-state index is 13.5. The molecule has 26 heavy (non-hydrogen) atoms. The third-order valence-electron chi connectivity index (χ3n) is 9.44. The third kappa shape index (κ3) is 1.37. The van der Waals surface area contributed by atoms with Crippen LogP contribution in [0.1, 0.15) is 46.5 Å². The number of piperidine rings is 2. The van der Waals surface area contributed by atoms with Crippen LogP contribution in [0.5, 0.6) is 0 Å². The molecule has 0 radical (unpaired) electrons. The number of fused-ring (bicyclic) bond motifs is 1. The predicted octanol–water partition coefficient (Wildman–Crippen LogP) is 1.10. The second kappa shape index (κ2) is 4.34. The normalized spacial score (nSPS) is 49.5. The van der Waals surface area contributed by atoms with Gasteiger partial charge in [-0.2, -0.15) is 0 Å². The van der Waals surface area contributed by atoms with Crippen molar-refractivity contribution in [1.82, 2.24) is 14.7 Å². The second-order valence-electron chi connectivity index (χ2n) is 10.2. The van der Waals surface area contributed by atoms with Crippen molar-refractivity contribution in [3.8, 4) is 0 Å². The molecule has 3 spiro atoms. The summed E-state index contributed by atoms with van der Waals surface area (Å²) in [4.78, 5) is 44.9. The van der Waals surface area contributed by atoms with Crippen LogP contribution in [0.2, 0.25) is 0 Å². The number of hydrogen-bond donors (Lipinski definition) is 0. The molecule has 6 rings (SSSR count). The van der Waals surface area contributed by atoms with Gasteiger partial charge < -0.3 is 4.90 Å². The van der Waals surface area contributed by atoms with Gasteiger partial charge >= 0.3 is 0 Å². The van der Waals surface area contributed by atoms with Gasteiger partial charge in [-0.25, -0.2) is 0 Å². The van der Waals surface area contributed by atoms with E-state index in [4.69, 9.17) is 0 Å². The first kappa shape index (κ1) is 16.7. The summed E-state index contributed by atoms with van der Waals surface area (Å²) < 4.78 is 0. The van der Waals surface area contributed by atoms with Gasteiger partial charge in [-0.3, -0.25) is 24.2 Å². The fourth-order valence-electron chi connectivity index (χ4n) is 7.69. The molecule has 2 bridgehead atoms. The molecule has 0 N–H and O–H groups in total. The zero-order chi connectivity index (χ0) is 18.9. The molecular weight excluding hydrogens is 330 g/mol. The number of carbonyl (C=O) groups excluding carboxylic acids is 3. The number of rotatable bonds is 0. The van der Waals surface area contributed by atoms with Crippen molar-refractivity contribution < 1.29 is 14.4 Å². The van der Waals surface area contributed by atoms with E-state index in [0.29, 0.717) is 12.3 Å². The lowest BCUT2D eigenvalue weighted by Crippen LogP contribution is -2.79. The Balaban J connectivity index is 1.70. The quantitative estimate of drug-likeness (QED) is 0.608. The minimum atomic E-state index is -0.674. The van der Waals surface area contributed by atoms with Crippen LogP contribution in [0, 0.1) is 22.7 Å². The molecule has 0 unspecified atom stereocenters. The standard InChI is InChI=1S/C20H29N3O3/c1-12-6-7-23-11-19-10-18(9-14(24)21(4)15(18)25)17(2,3)13(19)8-20(12,23)16(26)22(19)5/h12-13H,6-11H2,1-5H3/t12-,13-,18-,19+,20+/m1/s1. The highest BCUT2D eigenvalue weighted by atomic mass is 16.2. The van der Waals surface area contributed by atoms with Gasteiger partial charge in [-0.05, 0) is 43.1 Å². The lowest BCUT2D eigenvalue weighted by molar-refractivity contribution is -0.189. The molecule has 0 aromatic carbocycles. The van der Waals surface area contributed by atoms with Crippen LogP contribution < -0.4 is 0 Å². The summed E-state index contributed by atoms with van der Waals surface area (Å²) in [6.07, 6.45) is 2.80. The summed E-state index contributed by atoms with van der Waals surface area (Å²) in [5.41, 5.74) is -1.71. The van der Waals surface area contributed by atoms with Gasteiger partial charge in [-0.1, -0.05) is 20.8 Å². The fourth-order valence-corrected chi connectivity index (χ4v) is 7.69. The van der Waals surface area contributed by atoms with E-state index in [1.807, 2.05) is 11.9 Å². The molecule has 142 valence electrons. The van der Waals surface area contributed by atoms with Gasteiger partial charge in [0.05, 0.1) is 11.0 Å². The monoisotopic (exact) mass is 359 g/mol. The molecule has 5 atom stereocenters. The van der Waals surface area contributed by atoms with Crippen LogP contribution in [0.4, 0.5) is 0 Å². The molecule has 3 amide bonds. The molecule has 1 aliphatic carbocycles. The second-order valence-corrected chi connectivity index (χ2v) is 10.2. The molecule has 6 aliphatic rings. The summed E-state index contributed by atoms with van der Waals surface area (Å²) in [7, 11) is 3.55. The molecule has 6 fully saturated rings. The molecule has 0 aromatic heterocycles. The summed E-state index contributed by atoms with van der Waals surface area (Å²) in [6, 6.07) is 0. The number of nitrogens with zero attached hydrogens (tertiary/aromatic N) is 3. The Hall–Kier alpha value is -1.43. The summed E-state index contributed by atoms with van der Waals surface area (Å²) >= 11 is 0. The number of hydrogen-bond acceptors (Lipinski definition) is 4. The van der Waals surface area contributed by atoms with Crippen molar-refractivity contribution in [3.05, 3.63) is 0 Å². The summed E-state index contributed by atoms with van der Waals surface area (Å²) in [5.74, 6) is 0.715. The zero-order valence-electron chi connectivity index (χ0n) is 16.5. The number of likely N-dealkylation sites (N-methyl/N-ethyl adjacent to an activating group) is 1. The van der Waals surface area contributed by atoms with E-state index in [1.165, 1.54) is 4.90 Å². The third-order valence-corrected chi connectivity index (χ3v) is 9.44. The Morgan fingerprint density at radius 2 is 1.77 bits per heavy atom. The van der Waals surface area contributed by atoms with Crippen LogP contribution in [-0.4, -0.2) is 70.7 Å². The molecule has 0 aromatic rings. The summed E-state index contributed by atoms with van der Waals surface area (Å²) in [5, 5.41) is 0. The van der Waals surface area contributed by atoms with E-state index < -0.39 is 11.0 Å². The number of imide groups is 1. The van der Waals surface area contributed by atoms with Crippen molar-refractivity contribution in [2.24, 2.45) is 22.7 Å². The minimum Gasteiger partial charge on any atom is -0.337 e. The van der Waals surface area contributed by atoms with E-state index in [2.05, 4.69) is 25.7 Å². The zero-order valence-corrected chi connectivity index (χ0v) is 16.5. The molecule has 5 heterocycles. The van der Waals surface area contributed by atoms with Crippen LogP contribution in [-0.2, 0) is 14.4 Å². The topological polar surface area (TPSA) is 60.9 Å². The van der Waals surface area contributed by atoms with Gasteiger partial charge in [0.15, 0.2) is 0 Å². The van der Waals surface area contributed by atoms with Gasteiger partial charge in [0.2, 0.25) is 17.7 Å². The van der Waals surface area contributed by atoms with Crippen LogP contribution >= 0.6 is 0 Å². The number of carbonyl (C=O) groups is 3. The van der Waals surface area contributed by atoms with Crippen molar-refractivity contribution in [2.75, 3.05) is 27.2 Å². The van der Waals surface area contributed by atoms with E-state index in [1.54, 1.807) is 7.05 Å². The first-order valence-corrected chi connectivity index (χ1v) is 9.89. The van der Waals surface area contributed by atoms with Crippen LogP contribution in [0.15, 0.2) is 0 Å². The lowest BCUT2D eigenvalue weighted by Gasteiger charge is -2.65. The van der Waals surface area contributed by atoms with E-state index in [9.17, 15) is 14.4 Å². The number of piperazine rings is 1. The smallest absolute Gasteiger partial charge is 0.243 e. The number of likely N-dealkylation sites (tertiary alicyclic amines) is 1. The predicted molar refractivity (Wildman–Crippen MR) is 94.9 cm³/mol. The number of amides is 3. The largest absolute Gasteiger partial charge is 0.337 e. The Kier molecular flexibility index (Phi) is 2.79. The molecule has 6 nitrogen and oxygen atoms in total. The average Bonchev–Trinajstić information content (AvgIpc) is 3.10. The molecule has 5 aliphatic heterocycles. The Morgan fingerprint density at radius 3 is 2.38 bits per heavy atom. The van der Waals surface area contributed by atoms with Gasteiger partial charge in [-0.15, -0.1) is 0 Å². The fraction of sp³-hybridized carbons (Fsp3) is 0.850. The van der Waals surface area contributed by atoms with Gasteiger partial charge in [0, 0.05) is 27.1 Å². The molecule has 5 saturated heterocycles. The van der Waals surface area contributed by atoms with E-state index >= 15 is 0 Å². The highest BCUT2D eigenvalue weighted by molar-refractivity contribution is 6.06. The molecule has 1 saturated carbocycles. The van der Waals surface area contributed by atoms with Crippen molar-refractivity contribution in [1.29, 1.82) is 0 Å². The van der Waals surface area contributed by atoms with E-state index in [-0.39, 0.29) is 41.0 Å². The first-order valence-electron chi connectivity index (χ1n) is 9.89. The van der Waals surface area contributed by atoms with Crippen molar-refractivity contribution in [3.63, 3.8) is 0 Å².